The molecule has 0 N–H and O–H groups in total. The fourth-order valence-electron chi connectivity index (χ4n) is 1.63. The summed E-state index contributed by atoms with van der Waals surface area (Å²) in [5.41, 5.74) is -0.0549. The van der Waals surface area contributed by atoms with Crippen LogP contribution in [-0.4, -0.2) is 29.1 Å². The molecule has 0 spiro atoms. The van der Waals surface area contributed by atoms with Gasteiger partial charge >= 0.3 is 5.69 Å². The molecule has 0 atom stereocenters. The van der Waals surface area contributed by atoms with Crippen LogP contribution in [0.3, 0.4) is 0 Å². The zero-order valence-electron chi connectivity index (χ0n) is 10.4. The van der Waals surface area contributed by atoms with Crippen LogP contribution in [0.4, 0.5) is 0 Å². The molecule has 5 nitrogen and oxygen atoms in total. The molecule has 0 saturated carbocycles. The van der Waals surface area contributed by atoms with Crippen molar-refractivity contribution in [2.75, 3.05) is 11.5 Å². The minimum Gasteiger partial charge on any atom is -0.299 e. The number of sulfone groups is 1. The van der Waals surface area contributed by atoms with Gasteiger partial charge in [-0.2, -0.15) is 0 Å². The summed E-state index contributed by atoms with van der Waals surface area (Å²) in [5.74, 6) is 0.313. The first kappa shape index (κ1) is 14.0. The van der Waals surface area contributed by atoms with Gasteiger partial charge in [0.2, 0.25) is 0 Å². The van der Waals surface area contributed by atoms with Gasteiger partial charge in [0.05, 0.1) is 5.75 Å². The van der Waals surface area contributed by atoms with E-state index < -0.39 is 9.84 Å². The summed E-state index contributed by atoms with van der Waals surface area (Å²) in [6.07, 6.45) is 4.87. The van der Waals surface area contributed by atoms with Crippen molar-refractivity contribution in [1.29, 1.82) is 0 Å². The third-order valence-electron chi connectivity index (χ3n) is 2.68. The third kappa shape index (κ3) is 4.03. The summed E-state index contributed by atoms with van der Waals surface area (Å²) >= 11 is 0. The van der Waals surface area contributed by atoms with E-state index in [1.54, 1.807) is 28.5 Å². The molecule has 0 unspecified atom stereocenters. The van der Waals surface area contributed by atoms with Crippen LogP contribution < -0.4 is 5.69 Å². The number of hydrogen-bond donors (Lipinski definition) is 0. The van der Waals surface area contributed by atoms with Crippen molar-refractivity contribution in [2.24, 2.45) is 0 Å². The number of hydrogen-bond acceptors (Lipinski definition) is 3. The lowest BCUT2D eigenvalue weighted by atomic mass is 10.5. The molecule has 17 heavy (non-hydrogen) atoms. The zero-order valence-corrected chi connectivity index (χ0v) is 11.2. The van der Waals surface area contributed by atoms with Crippen LogP contribution in [0, 0.1) is 0 Å². The first-order valence-electron chi connectivity index (χ1n) is 5.96. The molecule has 0 aliphatic rings. The number of imidazole rings is 1. The lowest BCUT2D eigenvalue weighted by molar-refractivity contribution is 0.575. The molecule has 0 radical (unpaired) electrons. The Hall–Kier alpha value is -1.04. The van der Waals surface area contributed by atoms with Gasteiger partial charge in [0, 0.05) is 31.2 Å². The Bertz CT molecular complexity index is 499. The van der Waals surface area contributed by atoms with Gasteiger partial charge in [-0.25, -0.2) is 13.2 Å². The average molecular weight is 260 g/mol. The third-order valence-corrected chi connectivity index (χ3v) is 4.47. The van der Waals surface area contributed by atoms with E-state index in [1.165, 1.54) is 0 Å². The van der Waals surface area contributed by atoms with Crippen LogP contribution >= 0.6 is 0 Å². The maximum atomic E-state index is 11.8. The predicted molar refractivity (Wildman–Crippen MR) is 67.9 cm³/mol. The Balaban J connectivity index is 2.56. The Kier molecular flexibility index (Phi) is 4.99. The molecular formula is C11H20N2O3S. The minimum absolute atomic E-state index is 0.0549. The van der Waals surface area contributed by atoms with E-state index in [4.69, 9.17) is 0 Å². The molecule has 0 aliphatic heterocycles. The molecular weight excluding hydrogens is 240 g/mol. The van der Waals surface area contributed by atoms with Crippen LogP contribution in [0.5, 0.6) is 0 Å². The quantitative estimate of drug-likeness (QED) is 0.731. The lowest BCUT2D eigenvalue weighted by Crippen LogP contribution is -2.24. The standard InChI is InChI=1S/C11H20N2O3S/c1-3-6-12-8-9-13(11(12)14)7-5-10-17(15,16)4-2/h8-9H,3-7,10H2,1-2H3. The Morgan fingerprint density at radius 1 is 1.12 bits per heavy atom. The maximum absolute atomic E-state index is 11.8. The molecule has 0 aliphatic carbocycles. The van der Waals surface area contributed by atoms with Gasteiger partial charge in [-0.15, -0.1) is 0 Å². The highest BCUT2D eigenvalue weighted by molar-refractivity contribution is 7.91. The van der Waals surface area contributed by atoms with Gasteiger partial charge in [0.15, 0.2) is 0 Å². The molecule has 0 fully saturated rings. The van der Waals surface area contributed by atoms with E-state index in [1.807, 2.05) is 6.92 Å². The normalized spacial score (nSPS) is 11.9. The van der Waals surface area contributed by atoms with Gasteiger partial charge in [-0.1, -0.05) is 13.8 Å². The van der Waals surface area contributed by atoms with Crippen LogP contribution in [0.2, 0.25) is 0 Å². The van der Waals surface area contributed by atoms with Gasteiger partial charge < -0.3 is 0 Å². The number of nitrogens with zero attached hydrogens (tertiary/aromatic N) is 2. The van der Waals surface area contributed by atoms with E-state index in [2.05, 4.69) is 0 Å². The van der Waals surface area contributed by atoms with E-state index in [-0.39, 0.29) is 17.2 Å². The SMILES string of the molecule is CCCn1ccn(CCCS(=O)(=O)CC)c1=O. The summed E-state index contributed by atoms with van der Waals surface area (Å²) in [5, 5.41) is 0. The Labute approximate surface area is 102 Å². The monoisotopic (exact) mass is 260 g/mol. The summed E-state index contributed by atoms with van der Waals surface area (Å²) in [4.78, 5) is 11.8. The van der Waals surface area contributed by atoms with E-state index in [0.717, 1.165) is 6.42 Å². The number of aryl methyl sites for hydroxylation is 2. The molecule has 98 valence electrons. The Morgan fingerprint density at radius 3 is 2.24 bits per heavy atom. The summed E-state index contributed by atoms with van der Waals surface area (Å²) in [6, 6.07) is 0. The smallest absolute Gasteiger partial charge is 0.299 e. The number of rotatable bonds is 7. The van der Waals surface area contributed by atoms with Crippen LogP contribution in [0.15, 0.2) is 17.2 Å². The molecule has 1 heterocycles. The molecule has 0 saturated heterocycles. The fraction of sp³-hybridized carbons (Fsp3) is 0.727. The highest BCUT2D eigenvalue weighted by atomic mass is 32.2. The molecule has 1 aromatic heterocycles. The van der Waals surface area contributed by atoms with Crippen molar-refractivity contribution in [3.8, 4) is 0 Å². The lowest BCUT2D eigenvalue weighted by Gasteiger charge is -2.02. The van der Waals surface area contributed by atoms with Crippen LogP contribution in [-0.2, 0) is 22.9 Å². The Morgan fingerprint density at radius 2 is 1.71 bits per heavy atom. The van der Waals surface area contributed by atoms with Crippen molar-refractivity contribution in [1.82, 2.24) is 9.13 Å². The van der Waals surface area contributed by atoms with Crippen molar-refractivity contribution in [2.45, 2.75) is 39.8 Å². The minimum atomic E-state index is -2.93. The molecule has 0 bridgehead atoms. The van der Waals surface area contributed by atoms with Gasteiger partial charge in [-0.05, 0) is 12.8 Å². The summed E-state index contributed by atoms with van der Waals surface area (Å²) in [7, 11) is -2.93. The second kappa shape index (κ2) is 6.05. The van der Waals surface area contributed by atoms with Gasteiger partial charge in [-0.3, -0.25) is 9.13 Å². The van der Waals surface area contributed by atoms with E-state index >= 15 is 0 Å². The highest BCUT2D eigenvalue weighted by Crippen LogP contribution is 1.96. The van der Waals surface area contributed by atoms with E-state index in [0.29, 0.717) is 19.5 Å². The second-order valence-corrected chi connectivity index (χ2v) is 6.53. The molecule has 1 rings (SSSR count). The molecule has 0 aromatic carbocycles. The largest absolute Gasteiger partial charge is 0.328 e. The van der Waals surface area contributed by atoms with Crippen molar-refractivity contribution >= 4 is 9.84 Å². The van der Waals surface area contributed by atoms with Crippen molar-refractivity contribution < 1.29 is 8.42 Å². The first-order valence-corrected chi connectivity index (χ1v) is 7.78. The van der Waals surface area contributed by atoms with E-state index in [9.17, 15) is 13.2 Å². The zero-order chi connectivity index (χ0) is 12.9. The van der Waals surface area contributed by atoms with Gasteiger partial charge in [0.25, 0.3) is 0 Å². The maximum Gasteiger partial charge on any atom is 0.328 e. The van der Waals surface area contributed by atoms with Crippen molar-refractivity contribution in [3.05, 3.63) is 22.9 Å². The molecule has 6 heteroatoms. The summed E-state index contributed by atoms with van der Waals surface area (Å²) in [6.45, 7) is 4.82. The highest BCUT2D eigenvalue weighted by Gasteiger charge is 2.08. The van der Waals surface area contributed by atoms with Crippen LogP contribution in [0.25, 0.3) is 0 Å². The molecule has 0 amide bonds. The van der Waals surface area contributed by atoms with Crippen LogP contribution in [0.1, 0.15) is 26.7 Å². The second-order valence-electron chi connectivity index (χ2n) is 4.06. The first-order chi connectivity index (χ1) is 8.00. The van der Waals surface area contributed by atoms with Gasteiger partial charge in [0.1, 0.15) is 9.84 Å². The fourth-order valence-corrected chi connectivity index (χ4v) is 2.49. The topological polar surface area (TPSA) is 61.1 Å². The average Bonchev–Trinajstić information content (AvgIpc) is 2.62. The molecule has 1 aromatic rings. The summed E-state index contributed by atoms with van der Waals surface area (Å²) < 4.78 is 25.8. The van der Waals surface area contributed by atoms with Crippen molar-refractivity contribution in [3.63, 3.8) is 0 Å². The number of aromatic nitrogens is 2. The predicted octanol–water partition coefficient (Wildman–Crippen LogP) is 0.885.